The maximum Gasteiger partial charge on any atom is 0.0657 e. The molecule has 0 aliphatic carbocycles. The molecule has 2 aliphatic rings. The number of nitrogens with one attached hydrogen (secondary N) is 1. The molecule has 1 saturated heterocycles. The molecule has 1 atom stereocenters. The van der Waals surface area contributed by atoms with Crippen LogP contribution in [-0.4, -0.2) is 23.5 Å². The van der Waals surface area contributed by atoms with Crippen molar-refractivity contribution in [2.24, 2.45) is 0 Å². The van der Waals surface area contributed by atoms with Crippen molar-refractivity contribution in [1.29, 1.82) is 0 Å². The Bertz CT molecular complexity index is 240. The fraction of sp³-hybridized carbons (Fsp3) is 0.636. The van der Waals surface area contributed by atoms with Gasteiger partial charge in [0.25, 0.3) is 0 Å². The van der Waals surface area contributed by atoms with Gasteiger partial charge in [0.1, 0.15) is 0 Å². The molecule has 0 spiro atoms. The molecular formula is C11H18N2. The van der Waals surface area contributed by atoms with Crippen LogP contribution >= 0.6 is 0 Å². The fourth-order valence-corrected chi connectivity index (χ4v) is 2.20. The van der Waals surface area contributed by atoms with E-state index >= 15 is 0 Å². The van der Waals surface area contributed by atoms with Crippen LogP contribution in [0.2, 0.25) is 0 Å². The summed E-state index contributed by atoms with van der Waals surface area (Å²) in [5.74, 6) is 0. The summed E-state index contributed by atoms with van der Waals surface area (Å²) in [6, 6.07) is 1.20. The molecule has 1 fully saturated rings. The summed E-state index contributed by atoms with van der Waals surface area (Å²) in [5, 5.41) is 3.42. The molecule has 1 N–H and O–H groups in total. The average molecular weight is 178 g/mol. The Hall–Kier alpha value is -0.920. The highest BCUT2D eigenvalue weighted by Gasteiger charge is 2.26. The smallest absolute Gasteiger partial charge is 0.0657 e. The van der Waals surface area contributed by atoms with E-state index in [1.165, 1.54) is 25.1 Å². The molecule has 0 bridgehead atoms. The van der Waals surface area contributed by atoms with Crippen molar-refractivity contribution >= 4 is 0 Å². The van der Waals surface area contributed by atoms with Crippen LogP contribution in [0.5, 0.6) is 0 Å². The normalized spacial score (nSPS) is 26.8. The number of dihydropyridines is 1. The molecule has 2 heteroatoms. The van der Waals surface area contributed by atoms with E-state index in [1.807, 2.05) is 0 Å². The Balaban J connectivity index is 2.19. The van der Waals surface area contributed by atoms with Gasteiger partial charge in [-0.15, -0.1) is 0 Å². The maximum atomic E-state index is 3.42. The molecule has 0 radical (unpaired) electrons. The van der Waals surface area contributed by atoms with Crippen LogP contribution in [0.15, 0.2) is 24.0 Å². The molecule has 2 heterocycles. The van der Waals surface area contributed by atoms with Crippen molar-refractivity contribution in [2.75, 3.05) is 6.54 Å². The first-order chi connectivity index (χ1) is 6.29. The fourth-order valence-electron chi connectivity index (χ4n) is 2.20. The number of hydrogen-bond donors (Lipinski definition) is 1. The summed E-state index contributed by atoms with van der Waals surface area (Å²) in [5.41, 5.74) is 1.48. The average Bonchev–Trinajstić information content (AvgIpc) is 2.17. The molecule has 0 aromatic carbocycles. The van der Waals surface area contributed by atoms with Crippen molar-refractivity contribution in [2.45, 2.75) is 38.8 Å². The van der Waals surface area contributed by atoms with Gasteiger partial charge in [-0.2, -0.15) is 0 Å². The van der Waals surface area contributed by atoms with Crippen LogP contribution in [-0.2, 0) is 0 Å². The van der Waals surface area contributed by atoms with E-state index in [-0.39, 0.29) is 0 Å². The molecule has 72 valence electrons. The van der Waals surface area contributed by atoms with Crippen molar-refractivity contribution in [3.63, 3.8) is 0 Å². The summed E-state index contributed by atoms with van der Waals surface area (Å²) in [7, 11) is 0. The van der Waals surface area contributed by atoms with Crippen LogP contribution in [0.3, 0.4) is 0 Å². The quantitative estimate of drug-likeness (QED) is 0.659. The summed E-state index contributed by atoms with van der Waals surface area (Å²) in [4.78, 5) is 2.50. The van der Waals surface area contributed by atoms with Crippen molar-refractivity contribution in [3.05, 3.63) is 24.0 Å². The minimum Gasteiger partial charge on any atom is -0.383 e. The summed E-state index contributed by atoms with van der Waals surface area (Å²) in [6.07, 6.45) is 8.99. The second-order valence-corrected chi connectivity index (χ2v) is 4.10. The SMILES string of the molecule is CC(C)N1CCCC2NC=CC=C21. The highest BCUT2D eigenvalue weighted by atomic mass is 15.2. The van der Waals surface area contributed by atoms with Crippen LogP contribution in [0, 0.1) is 0 Å². The van der Waals surface area contributed by atoms with Gasteiger partial charge in [0.15, 0.2) is 0 Å². The molecule has 0 aromatic heterocycles. The Kier molecular flexibility index (Phi) is 2.30. The van der Waals surface area contributed by atoms with E-state index in [0.29, 0.717) is 12.1 Å². The number of rotatable bonds is 1. The molecule has 1 unspecified atom stereocenters. The van der Waals surface area contributed by atoms with Crippen LogP contribution < -0.4 is 5.32 Å². The van der Waals surface area contributed by atoms with E-state index in [0.717, 1.165) is 0 Å². The third kappa shape index (κ3) is 1.58. The zero-order chi connectivity index (χ0) is 9.26. The molecular weight excluding hydrogens is 160 g/mol. The standard InChI is InChI=1S/C11H18N2/c1-9(2)13-8-4-5-10-11(13)6-3-7-12-10/h3,6-7,9-10,12H,4-5,8H2,1-2H3. The van der Waals surface area contributed by atoms with E-state index in [1.54, 1.807) is 0 Å². The highest BCUT2D eigenvalue weighted by molar-refractivity contribution is 5.24. The topological polar surface area (TPSA) is 15.3 Å². The third-order valence-corrected chi connectivity index (χ3v) is 2.86. The molecule has 2 aliphatic heterocycles. The van der Waals surface area contributed by atoms with Gasteiger partial charge in [0.05, 0.1) is 6.04 Å². The minimum absolute atomic E-state index is 0.571. The van der Waals surface area contributed by atoms with Crippen molar-refractivity contribution in [3.8, 4) is 0 Å². The van der Waals surface area contributed by atoms with Gasteiger partial charge < -0.3 is 10.2 Å². The molecule has 13 heavy (non-hydrogen) atoms. The van der Waals surface area contributed by atoms with Gasteiger partial charge in [0.2, 0.25) is 0 Å². The van der Waals surface area contributed by atoms with Gasteiger partial charge in [-0.05, 0) is 45.0 Å². The van der Waals surface area contributed by atoms with E-state index in [4.69, 9.17) is 0 Å². The molecule has 0 saturated carbocycles. The molecule has 2 nitrogen and oxygen atoms in total. The predicted molar refractivity (Wildman–Crippen MR) is 55.2 cm³/mol. The maximum absolute atomic E-state index is 3.42. The summed E-state index contributed by atoms with van der Waals surface area (Å²) in [6.45, 7) is 5.75. The van der Waals surface area contributed by atoms with E-state index < -0.39 is 0 Å². The lowest BCUT2D eigenvalue weighted by atomic mass is 9.98. The Morgan fingerprint density at radius 1 is 1.54 bits per heavy atom. The lowest BCUT2D eigenvalue weighted by Gasteiger charge is -2.41. The summed E-state index contributed by atoms with van der Waals surface area (Å²) >= 11 is 0. The van der Waals surface area contributed by atoms with Crippen molar-refractivity contribution < 1.29 is 0 Å². The van der Waals surface area contributed by atoms with Crippen LogP contribution in [0.1, 0.15) is 26.7 Å². The largest absolute Gasteiger partial charge is 0.383 e. The van der Waals surface area contributed by atoms with Gasteiger partial charge in [-0.25, -0.2) is 0 Å². The van der Waals surface area contributed by atoms with E-state index in [9.17, 15) is 0 Å². The Labute approximate surface area is 80.3 Å². The Morgan fingerprint density at radius 2 is 2.38 bits per heavy atom. The predicted octanol–water partition coefficient (Wildman–Crippen LogP) is 1.86. The van der Waals surface area contributed by atoms with Gasteiger partial charge in [0, 0.05) is 18.3 Å². The first kappa shape index (κ1) is 8.67. The number of hydrogen-bond acceptors (Lipinski definition) is 2. The second kappa shape index (κ2) is 3.44. The number of allylic oxidation sites excluding steroid dienone is 2. The monoisotopic (exact) mass is 178 g/mol. The first-order valence-electron chi connectivity index (χ1n) is 5.18. The van der Waals surface area contributed by atoms with Gasteiger partial charge in [-0.1, -0.05) is 0 Å². The lowest BCUT2D eigenvalue weighted by Crippen LogP contribution is -2.45. The van der Waals surface area contributed by atoms with Gasteiger partial charge >= 0.3 is 0 Å². The lowest BCUT2D eigenvalue weighted by molar-refractivity contribution is 0.217. The molecule has 0 aromatic rings. The number of fused-ring (bicyclic) bond motifs is 1. The minimum atomic E-state index is 0.571. The zero-order valence-electron chi connectivity index (χ0n) is 8.46. The highest BCUT2D eigenvalue weighted by Crippen LogP contribution is 2.24. The third-order valence-electron chi connectivity index (χ3n) is 2.86. The zero-order valence-corrected chi connectivity index (χ0v) is 8.46. The number of nitrogens with zero attached hydrogens (tertiary/aromatic N) is 1. The summed E-state index contributed by atoms with van der Waals surface area (Å²) < 4.78 is 0. The van der Waals surface area contributed by atoms with Gasteiger partial charge in [-0.3, -0.25) is 0 Å². The Morgan fingerprint density at radius 3 is 3.15 bits per heavy atom. The number of piperidine rings is 1. The van der Waals surface area contributed by atoms with Crippen LogP contribution in [0.4, 0.5) is 0 Å². The van der Waals surface area contributed by atoms with E-state index in [2.05, 4.69) is 42.4 Å². The molecule has 2 rings (SSSR count). The van der Waals surface area contributed by atoms with Crippen LogP contribution in [0.25, 0.3) is 0 Å². The second-order valence-electron chi connectivity index (χ2n) is 4.10. The molecule has 0 amide bonds. The first-order valence-corrected chi connectivity index (χ1v) is 5.18. The van der Waals surface area contributed by atoms with Crippen molar-refractivity contribution in [1.82, 2.24) is 10.2 Å². The number of likely N-dealkylation sites (tertiary alicyclic amines) is 1.